The van der Waals surface area contributed by atoms with Gasteiger partial charge in [-0.15, -0.1) is 0 Å². The Morgan fingerprint density at radius 1 is 0.976 bits per heavy atom. The van der Waals surface area contributed by atoms with Crippen LogP contribution in [0.2, 0.25) is 0 Å². The van der Waals surface area contributed by atoms with Crippen LogP contribution >= 0.6 is 0 Å². The molecule has 5 aliphatic rings. The quantitative estimate of drug-likeness (QED) is 0.354. The van der Waals surface area contributed by atoms with Crippen LogP contribution < -0.4 is 0 Å². The number of piperidine rings is 1. The highest BCUT2D eigenvalue weighted by Gasteiger charge is 2.67. The Labute approximate surface area is 248 Å². The molecular formula is C33H57NO6S. The summed E-state index contributed by atoms with van der Waals surface area (Å²) in [6.45, 7) is 10.2. The Morgan fingerprint density at radius 3 is 2.37 bits per heavy atom. The third-order valence-electron chi connectivity index (χ3n) is 13.4. The molecule has 1 heterocycles. The molecule has 5 rings (SSSR count). The highest BCUT2D eigenvalue weighted by Crippen LogP contribution is 2.69. The van der Waals surface area contributed by atoms with Gasteiger partial charge in [0.15, 0.2) is 0 Å². The molecule has 8 heteroatoms. The van der Waals surface area contributed by atoms with E-state index in [2.05, 4.69) is 27.7 Å². The Bertz CT molecular complexity index is 1040. The minimum absolute atomic E-state index is 0.0463. The molecule has 1 aliphatic heterocycles. The fourth-order valence-electron chi connectivity index (χ4n) is 11.2. The van der Waals surface area contributed by atoms with Crippen molar-refractivity contribution in [3.63, 3.8) is 0 Å². The SMILES string of the molecule is CC[C@H]1[C@@H](O)[C@@H]2[C@H](C[C@H](O)[C@]3(C)[C@@H]([C@H](C)CCCC(=O)CS(=O)(=O)N4CCCCC4)CC[C@@H]23)[C@@]2(C)CC[C@@H](O)C[C@@H]12. The van der Waals surface area contributed by atoms with Crippen molar-refractivity contribution in [2.24, 2.45) is 52.3 Å². The molecule has 0 aromatic heterocycles. The Kier molecular flexibility index (Phi) is 9.40. The molecule has 0 unspecified atom stereocenters. The van der Waals surface area contributed by atoms with Crippen LogP contribution in [0.3, 0.4) is 0 Å². The third-order valence-corrected chi connectivity index (χ3v) is 15.3. The van der Waals surface area contributed by atoms with E-state index < -0.39 is 22.2 Å². The number of rotatable bonds is 9. The number of nitrogens with zero attached hydrogens (tertiary/aromatic N) is 1. The number of hydrogen-bond acceptors (Lipinski definition) is 6. The van der Waals surface area contributed by atoms with Gasteiger partial charge >= 0.3 is 0 Å². The summed E-state index contributed by atoms with van der Waals surface area (Å²) in [5, 5.41) is 34.3. The molecule has 0 aromatic carbocycles. The van der Waals surface area contributed by atoms with Crippen LogP contribution in [0.1, 0.15) is 111 Å². The summed E-state index contributed by atoms with van der Waals surface area (Å²) in [4.78, 5) is 12.7. The standard InChI is InChI=1S/C33H57NO6S/c1-5-24-27-18-22(35)14-15-32(27,3)28-19-29(37)33(4)25(12-13-26(33)30(28)31(24)38)21(2)10-9-11-23(36)20-41(39,40)34-16-7-6-8-17-34/h21-22,24-31,35,37-38H,5-20H2,1-4H3/t21-,22-,24-,25-,26+,27+,28+,29+,30+,31-,32+,33-/m1/s1. The van der Waals surface area contributed by atoms with E-state index in [0.717, 1.165) is 70.6 Å². The van der Waals surface area contributed by atoms with Gasteiger partial charge in [-0.25, -0.2) is 12.7 Å². The van der Waals surface area contributed by atoms with Gasteiger partial charge in [0, 0.05) is 19.5 Å². The van der Waals surface area contributed by atoms with Crippen molar-refractivity contribution in [1.82, 2.24) is 4.31 Å². The highest BCUT2D eigenvalue weighted by atomic mass is 32.2. The fraction of sp³-hybridized carbons (Fsp3) is 0.970. The van der Waals surface area contributed by atoms with Crippen molar-refractivity contribution in [2.45, 2.75) is 129 Å². The van der Waals surface area contributed by atoms with E-state index in [9.17, 15) is 28.5 Å². The minimum Gasteiger partial charge on any atom is -0.393 e. The van der Waals surface area contributed by atoms with Crippen LogP contribution in [0, 0.1) is 52.3 Å². The highest BCUT2D eigenvalue weighted by molar-refractivity contribution is 7.89. The van der Waals surface area contributed by atoms with Gasteiger partial charge in [-0.05, 0) is 110 Å². The molecule has 3 N–H and O–H groups in total. The summed E-state index contributed by atoms with van der Waals surface area (Å²) in [5.74, 6) is 1.31. The number of hydrogen-bond donors (Lipinski definition) is 3. The summed E-state index contributed by atoms with van der Waals surface area (Å²) < 4.78 is 26.9. The molecule has 0 aromatic rings. The van der Waals surface area contributed by atoms with E-state index in [4.69, 9.17) is 0 Å². The van der Waals surface area contributed by atoms with Crippen LogP contribution in [-0.4, -0.2) is 71.0 Å². The molecule has 7 nitrogen and oxygen atoms in total. The van der Waals surface area contributed by atoms with Crippen LogP contribution in [-0.2, 0) is 14.8 Å². The van der Waals surface area contributed by atoms with Crippen molar-refractivity contribution in [1.29, 1.82) is 0 Å². The summed E-state index contributed by atoms with van der Waals surface area (Å²) in [5.41, 5.74) is -0.219. The van der Waals surface area contributed by atoms with Gasteiger partial charge in [-0.3, -0.25) is 4.79 Å². The number of sulfonamides is 1. The maximum atomic E-state index is 12.7. The second-order valence-electron chi connectivity index (χ2n) is 15.3. The van der Waals surface area contributed by atoms with Gasteiger partial charge in [-0.2, -0.15) is 0 Å². The second kappa shape index (κ2) is 12.1. The summed E-state index contributed by atoms with van der Waals surface area (Å²) >= 11 is 0. The predicted molar refractivity (Wildman–Crippen MR) is 160 cm³/mol. The van der Waals surface area contributed by atoms with Gasteiger partial charge in [0.1, 0.15) is 11.5 Å². The van der Waals surface area contributed by atoms with Crippen molar-refractivity contribution >= 4 is 15.8 Å². The van der Waals surface area contributed by atoms with Gasteiger partial charge in [0.25, 0.3) is 0 Å². The molecule has 0 radical (unpaired) electrons. The van der Waals surface area contributed by atoms with E-state index in [-0.39, 0.29) is 52.1 Å². The molecule has 0 spiro atoms. The van der Waals surface area contributed by atoms with Crippen LogP contribution in [0.25, 0.3) is 0 Å². The molecule has 0 amide bonds. The van der Waals surface area contributed by atoms with Crippen molar-refractivity contribution in [3.05, 3.63) is 0 Å². The summed E-state index contributed by atoms with van der Waals surface area (Å²) in [6, 6.07) is 0. The number of ketones is 1. The van der Waals surface area contributed by atoms with E-state index in [1.807, 2.05) is 0 Å². The van der Waals surface area contributed by atoms with E-state index in [1.54, 1.807) is 0 Å². The Hall–Kier alpha value is -0.540. The molecule has 4 saturated carbocycles. The van der Waals surface area contributed by atoms with Crippen molar-refractivity contribution in [2.75, 3.05) is 18.8 Å². The lowest BCUT2D eigenvalue weighted by Crippen LogP contribution is -2.65. The van der Waals surface area contributed by atoms with Gasteiger partial charge in [-0.1, -0.05) is 47.0 Å². The lowest BCUT2D eigenvalue weighted by Gasteiger charge is -2.65. The topological polar surface area (TPSA) is 115 Å². The molecule has 4 aliphatic carbocycles. The van der Waals surface area contributed by atoms with Gasteiger partial charge in [0.2, 0.25) is 10.0 Å². The first-order chi connectivity index (χ1) is 19.3. The Morgan fingerprint density at radius 2 is 1.68 bits per heavy atom. The number of carbonyl (C=O) groups excluding carboxylic acids is 1. The number of carbonyl (C=O) groups is 1. The lowest BCUT2D eigenvalue weighted by atomic mass is 9.41. The van der Waals surface area contributed by atoms with E-state index >= 15 is 0 Å². The zero-order valence-electron chi connectivity index (χ0n) is 26.0. The molecule has 236 valence electrons. The maximum Gasteiger partial charge on any atom is 0.221 e. The van der Waals surface area contributed by atoms with Crippen LogP contribution in [0.15, 0.2) is 0 Å². The number of aliphatic hydroxyl groups is 3. The first-order valence-electron chi connectivity index (χ1n) is 16.9. The average Bonchev–Trinajstić information content (AvgIpc) is 3.29. The number of fused-ring (bicyclic) bond motifs is 5. The summed E-state index contributed by atoms with van der Waals surface area (Å²) in [6.07, 6.45) is 9.79. The molecule has 5 fully saturated rings. The van der Waals surface area contributed by atoms with Crippen molar-refractivity contribution < 1.29 is 28.5 Å². The smallest absolute Gasteiger partial charge is 0.221 e. The zero-order chi connectivity index (χ0) is 29.7. The molecule has 0 bridgehead atoms. The summed E-state index contributed by atoms with van der Waals surface area (Å²) in [7, 11) is -3.51. The van der Waals surface area contributed by atoms with E-state index in [1.165, 1.54) is 4.31 Å². The van der Waals surface area contributed by atoms with E-state index in [0.29, 0.717) is 43.7 Å². The van der Waals surface area contributed by atoms with Crippen LogP contribution in [0.5, 0.6) is 0 Å². The minimum atomic E-state index is -3.51. The molecular weight excluding hydrogens is 538 g/mol. The molecule has 1 saturated heterocycles. The monoisotopic (exact) mass is 595 g/mol. The maximum absolute atomic E-state index is 12.7. The molecule has 12 atom stereocenters. The fourth-order valence-corrected chi connectivity index (χ4v) is 12.8. The van der Waals surface area contributed by atoms with Gasteiger partial charge in [0.05, 0.1) is 18.3 Å². The largest absolute Gasteiger partial charge is 0.393 e. The predicted octanol–water partition coefficient (Wildman–Crippen LogP) is 4.78. The third kappa shape index (κ3) is 5.60. The van der Waals surface area contributed by atoms with Crippen molar-refractivity contribution in [3.8, 4) is 0 Å². The average molecular weight is 596 g/mol. The second-order valence-corrected chi connectivity index (χ2v) is 17.3. The zero-order valence-corrected chi connectivity index (χ0v) is 26.8. The normalized spacial score (nSPS) is 45.9. The van der Waals surface area contributed by atoms with Crippen LogP contribution in [0.4, 0.5) is 0 Å². The first-order valence-corrected chi connectivity index (χ1v) is 18.5. The Balaban J connectivity index is 1.24. The van der Waals surface area contributed by atoms with Gasteiger partial charge < -0.3 is 15.3 Å². The lowest BCUT2D eigenvalue weighted by molar-refractivity contribution is -0.228. The number of Topliss-reactive ketones (excluding diaryl/α,β-unsaturated/α-hetero) is 1. The molecule has 41 heavy (non-hydrogen) atoms. The number of aliphatic hydroxyl groups excluding tert-OH is 3. The first kappa shape index (κ1) is 31.9.